The fourth-order valence-electron chi connectivity index (χ4n) is 3.18. The van der Waals surface area contributed by atoms with Crippen LogP contribution < -0.4 is 11.0 Å². The molecule has 2 N–H and O–H groups in total. The van der Waals surface area contributed by atoms with Crippen molar-refractivity contribution >= 4 is 45.0 Å². The van der Waals surface area contributed by atoms with Crippen LogP contribution in [0.4, 0.5) is 0 Å². The number of hydrogen-bond acceptors (Lipinski definition) is 5. The van der Waals surface area contributed by atoms with Crippen molar-refractivity contribution in [2.75, 3.05) is 0 Å². The Bertz CT molecular complexity index is 1510. The van der Waals surface area contributed by atoms with Crippen molar-refractivity contribution in [1.29, 1.82) is 0 Å². The molecule has 0 aliphatic carbocycles. The summed E-state index contributed by atoms with van der Waals surface area (Å²) in [6, 6.07) is 17.1. The maximum absolute atomic E-state index is 12.6. The Morgan fingerprint density at radius 3 is 2.64 bits per heavy atom. The van der Waals surface area contributed by atoms with Gasteiger partial charge in [0.15, 0.2) is 11.0 Å². The number of hydrogen-bond donors (Lipinski definition) is 2. The third-order valence-electron chi connectivity index (χ3n) is 4.58. The van der Waals surface area contributed by atoms with Crippen LogP contribution in [-0.4, -0.2) is 25.4 Å². The van der Waals surface area contributed by atoms with Gasteiger partial charge >= 0.3 is 0 Å². The van der Waals surface area contributed by atoms with Gasteiger partial charge in [0.25, 0.3) is 5.56 Å². The molecular formula is C21H13N5O2. The van der Waals surface area contributed by atoms with Crippen LogP contribution in [0.25, 0.3) is 45.0 Å². The van der Waals surface area contributed by atoms with E-state index in [-0.39, 0.29) is 16.5 Å². The van der Waals surface area contributed by atoms with Gasteiger partial charge in [-0.2, -0.15) is 15.4 Å². The monoisotopic (exact) mass is 367 g/mol. The molecule has 5 rings (SSSR count). The summed E-state index contributed by atoms with van der Waals surface area (Å²) in [5, 5.41) is 11.3. The van der Waals surface area contributed by atoms with E-state index in [1.807, 2.05) is 54.6 Å². The van der Waals surface area contributed by atoms with Gasteiger partial charge in [0.05, 0.1) is 16.7 Å². The fourth-order valence-corrected chi connectivity index (χ4v) is 3.18. The van der Waals surface area contributed by atoms with E-state index >= 15 is 0 Å². The molecule has 0 fully saturated rings. The third kappa shape index (κ3) is 2.66. The lowest BCUT2D eigenvalue weighted by atomic mass is 10.1. The quantitative estimate of drug-likeness (QED) is 0.499. The third-order valence-corrected chi connectivity index (χ3v) is 4.58. The molecule has 28 heavy (non-hydrogen) atoms. The van der Waals surface area contributed by atoms with E-state index in [2.05, 4.69) is 25.4 Å². The topological polar surface area (TPSA) is 104 Å². The van der Waals surface area contributed by atoms with E-state index in [0.717, 1.165) is 22.2 Å². The highest BCUT2D eigenvalue weighted by Gasteiger charge is 2.09. The zero-order valence-electron chi connectivity index (χ0n) is 14.5. The summed E-state index contributed by atoms with van der Waals surface area (Å²) >= 11 is 0. The van der Waals surface area contributed by atoms with Gasteiger partial charge in [-0.25, -0.2) is 4.98 Å². The summed E-state index contributed by atoms with van der Waals surface area (Å²) in [5.74, 6) is 0. The molecule has 5 aromatic rings. The molecule has 0 amide bonds. The minimum absolute atomic E-state index is 0.00124. The minimum atomic E-state index is -0.465. The molecule has 0 saturated carbocycles. The predicted octanol–water partition coefficient (Wildman–Crippen LogP) is 2.88. The summed E-state index contributed by atoms with van der Waals surface area (Å²) in [4.78, 5) is 32.2. The lowest BCUT2D eigenvalue weighted by molar-refractivity contribution is 0.955. The molecule has 0 atom stereocenters. The first-order valence-corrected chi connectivity index (χ1v) is 8.64. The van der Waals surface area contributed by atoms with Crippen LogP contribution in [0.1, 0.15) is 11.3 Å². The van der Waals surface area contributed by atoms with E-state index in [1.165, 1.54) is 0 Å². The molecule has 7 heteroatoms. The highest BCUT2D eigenvalue weighted by Crippen LogP contribution is 2.16. The lowest BCUT2D eigenvalue weighted by Crippen LogP contribution is -2.02. The van der Waals surface area contributed by atoms with E-state index in [4.69, 9.17) is 0 Å². The van der Waals surface area contributed by atoms with Crippen molar-refractivity contribution in [2.24, 2.45) is 0 Å². The summed E-state index contributed by atoms with van der Waals surface area (Å²) < 4.78 is 0. The molecule has 134 valence electrons. The molecule has 0 aliphatic heterocycles. The van der Waals surface area contributed by atoms with E-state index in [1.54, 1.807) is 12.1 Å². The lowest BCUT2D eigenvalue weighted by Gasteiger charge is -1.99. The highest BCUT2D eigenvalue weighted by molar-refractivity contribution is 5.88. The summed E-state index contributed by atoms with van der Waals surface area (Å²) in [5.41, 5.74) is 2.22. The number of H-pyrrole nitrogens is 2. The summed E-state index contributed by atoms with van der Waals surface area (Å²) in [6.07, 6.45) is 3.78. The van der Waals surface area contributed by atoms with Crippen molar-refractivity contribution in [3.8, 4) is 0 Å². The molecule has 0 unspecified atom stereocenters. The van der Waals surface area contributed by atoms with Crippen LogP contribution in [0, 0.1) is 0 Å². The average Bonchev–Trinajstić information content (AvgIpc) is 3.19. The normalized spacial score (nSPS) is 11.7. The second-order valence-electron chi connectivity index (χ2n) is 6.37. The molecule has 0 bridgehead atoms. The zero-order valence-corrected chi connectivity index (χ0v) is 14.5. The van der Waals surface area contributed by atoms with Gasteiger partial charge in [-0.3, -0.25) is 9.59 Å². The first kappa shape index (κ1) is 16.1. The smallest absolute Gasteiger partial charge is 0.278 e. The van der Waals surface area contributed by atoms with Crippen molar-refractivity contribution < 1.29 is 0 Å². The molecule has 3 aromatic heterocycles. The molecule has 3 heterocycles. The van der Waals surface area contributed by atoms with Gasteiger partial charge in [-0.1, -0.05) is 36.4 Å². The Kier molecular flexibility index (Phi) is 3.58. The van der Waals surface area contributed by atoms with Gasteiger partial charge < -0.3 is 4.98 Å². The Labute approximate surface area is 157 Å². The van der Waals surface area contributed by atoms with Gasteiger partial charge in [-0.05, 0) is 35.9 Å². The van der Waals surface area contributed by atoms with Gasteiger partial charge in [0.2, 0.25) is 5.43 Å². The second kappa shape index (κ2) is 6.24. The van der Waals surface area contributed by atoms with E-state index in [0.29, 0.717) is 10.9 Å². The van der Waals surface area contributed by atoms with E-state index in [9.17, 15) is 9.59 Å². The maximum Gasteiger partial charge on any atom is 0.278 e. The first-order chi connectivity index (χ1) is 13.7. The molecule has 0 saturated heterocycles. The van der Waals surface area contributed by atoms with Crippen LogP contribution in [-0.2, 0) is 0 Å². The number of nitrogens with zero attached hydrogens (tertiary/aromatic N) is 3. The minimum Gasteiger partial charge on any atom is -0.320 e. The molecule has 7 nitrogen and oxygen atoms in total. The van der Waals surface area contributed by atoms with Gasteiger partial charge in [0.1, 0.15) is 0 Å². The maximum atomic E-state index is 12.6. The Morgan fingerprint density at radius 2 is 1.71 bits per heavy atom. The van der Waals surface area contributed by atoms with Crippen molar-refractivity contribution in [3.05, 3.63) is 86.4 Å². The fraction of sp³-hybridized carbons (Fsp3) is 0. The number of aromatic amines is 2. The van der Waals surface area contributed by atoms with Crippen LogP contribution in [0.3, 0.4) is 0 Å². The number of para-hydroxylation sites is 1. The number of pyridine rings is 1. The number of fused-ring (bicyclic) bond motifs is 3. The molecule has 2 aromatic carbocycles. The Hall–Kier alpha value is -4.13. The Morgan fingerprint density at radius 1 is 0.857 bits per heavy atom. The van der Waals surface area contributed by atoms with E-state index < -0.39 is 5.56 Å². The first-order valence-electron chi connectivity index (χ1n) is 8.64. The number of nitrogens with one attached hydrogen (secondary N) is 2. The largest absolute Gasteiger partial charge is 0.320 e. The van der Waals surface area contributed by atoms with Crippen LogP contribution in [0.5, 0.6) is 0 Å². The van der Waals surface area contributed by atoms with Crippen molar-refractivity contribution in [1.82, 2.24) is 25.4 Å². The molecule has 0 aliphatic rings. The summed E-state index contributed by atoms with van der Waals surface area (Å²) in [6.45, 7) is 0. The Balaban J connectivity index is 1.61. The van der Waals surface area contributed by atoms with Crippen LogP contribution in [0.15, 0.2) is 64.2 Å². The second-order valence-corrected chi connectivity index (χ2v) is 6.37. The van der Waals surface area contributed by atoms with Crippen molar-refractivity contribution in [3.63, 3.8) is 0 Å². The number of rotatable bonds is 2. The summed E-state index contributed by atoms with van der Waals surface area (Å²) in [7, 11) is 0. The molecular weight excluding hydrogens is 354 g/mol. The van der Waals surface area contributed by atoms with Gasteiger partial charge in [-0.15, -0.1) is 0 Å². The van der Waals surface area contributed by atoms with Gasteiger partial charge in [0, 0.05) is 10.8 Å². The van der Waals surface area contributed by atoms with Crippen LogP contribution >= 0.6 is 0 Å². The van der Waals surface area contributed by atoms with Crippen molar-refractivity contribution in [2.45, 2.75) is 0 Å². The number of aromatic nitrogens is 5. The SMILES string of the molecule is O=c1[nH]c2cc(/C=C/c3ccc4ccccc4n3)ccc2c(=O)c2n[nH]nc12. The highest BCUT2D eigenvalue weighted by atomic mass is 16.1. The standard InChI is InChI=1S/C21H13N5O2/c27-20-15-10-6-12(11-17(15)23-21(28)19-18(20)24-26-25-19)5-8-14-9-7-13-3-1-2-4-16(13)22-14/h1-11H,(H,23,28)(H,24,25,26)/b8-5+. The molecule has 0 radical (unpaired) electrons. The van der Waals surface area contributed by atoms with Crippen LogP contribution in [0.2, 0.25) is 0 Å². The average molecular weight is 367 g/mol. The zero-order chi connectivity index (χ0) is 19.1. The number of benzene rings is 2. The molecule has 0 spiro atoms. The predicted molar refractivity (Wildman–Crippen MR) is 109 cm³/mol.